The van der Waals surface area contributed by atoms with Gasteiger partial charge in [0.15, 0.2) is 0 Å². The van der Waals surface area contributed by atoms with Crippen molar-refractivity contribution in [1.29, 1.82) is 0 Å². The standard InChI is InChI=1S/C11H14N2/c1-4-9-7-10(5-2)13-8-11(9)12-6-3/h5-8H,2,4H2,1,3H3. The molecule has 1 rings (SSSR count). The summed E-state index contributed by atoms with van der Waals surface area (Å²) in [5.74, 6) is 0. The fraction of sp³-hybridized carbons (Fsp3) is 0.273. The first-order chi connectivity index (χ1) is 6.31. The number of nitrogens with zero attached hydrogens (tertiary/aromatic N) is 2. The summed E-state index contributed by atoms with van der Waals surface area (Å²) in [6, 6.07) is 2.02. The van der Waals surface area contributed by atoms with E-state index in [0.717, 1.165) is 17.8 Å². The van der Waals surface area contributed by atoms with E-state index in [9.17, 15) is 0 Å². The lowest BCUT2D eigenvalue weighted by Gasteiger charge is -2.02. The molecule has 0 radical (unpaired) electrons. The third-order valence-electron chi connectivity index (χ3n) is 1.85. The molecule has 0 aliphatic rings. The highest BCUT2D eigenvalue weighted by molar-refractivity contribution is 5.62. The van der Waals surface area contributed by atoms with Gasteiger partial charge in [-0.3, -0.25) is 9.98 Å². The molecule has 1 heterocycles. The second-order valence-electron chi connectivity index (χ2n) is 2.68. The highest BCUT2D eigenvalue weighted by atomic mass is 14.8. The van der Waals surface area contributed by atoms with Crippen molar-refractivity contribution in [3.8, 4) is 0 Å². The van der Waals surface area contributed by atoms with Crippen molar-refractivity contribution in [2.45, 2.75) is 20.3 Å². The van der Waals surface area contributed by atoms with Crippen molar-refractivity contribution in [2.24, 2.45) is 4.99 Å². The van der Waals surface area contributed by atoms with Gasteiger partial charge in [-0.05, 0) is 31.1 Å². The van der Waals surface area contributed by atoms with E-state index in [0.29, 0.717) is 0 Å². The summed E-state index contributed by atoms with van der Waals surface area (Å²) in [6.45, 7) is 7.69. The third-order valence-corrected chi connectivity index (χ3v) is 1.85. The van der Waals surface area contributed by atoms with Crippen LogP contribution >= 0.6 is 0 Å². The molecule has 0 bridgehead atoms. The normalized spacial score (nSPS) is 10.6. The predicted molar refractivity (Wildman–Crippen MR) is 57.5 cm³/mol. The lowest BCUT2D eigenvalue weighted by molar-refractivity contribution is 1.11. The second kappa shape index (κ2) is 4.55. The molecule has 2 heteroatoms. The molecular formula is C11H14N2. The molecule has 0 unspecified atom stereocenters. The lowest BCUT2D eigenvalue weighted by Crippen LogP contribution is -1.87. The summed E-state index contributed by atoms with van der Waals surface area (Å²) in [5, 5.41) is 0. The molecule has 0 aromatic carbocycles. The van der Waals surface area contributed by atoms with Crippen molar-refractivity contribution >= 4 is 18.0 Å². The fourth-order valence-corrected chi connectivity index (χ4v) is 1.16. The quantitative estimate of drug-likeness (QED) is 0.646. The van der Waals surface area contributed by atoms with Gasteiger partial charge in [-0.1, -0.05) is 13.5 Å². The van der Waals surface area contributed by atoms with Crippen LogP contribution in [0.25, 0.3) is 6.08 Å². The largest absolute Gasteiger partial charge is 0.260 e. The number of aromatic nitrogens is 1. The van der Waals surface area contributed by atoms with Crippen LogP contribution in [-0.2, 0) is 6.42 Å². The van der Waals surface area contributed by atoms with Crippen LogP contribution in [0, 0.1) is 0 Å². The van der Waals surface area contributed by atoms with E-state index in [1.165, 1.54) is 5.56 Å². The summed E-state index contributed by atoms with van der Waals surface area (Å²) < 4.78 is 0. The Morgan fingerprint density at radius 1 is 1.62 bits per heavy atom. The van der Waals surface area contributed by atoms with Crippen LogP contribution in [0.1, 0.15) is 25.1 Å². The fourth-order valence-electron chi connectivity index (χ4n) is 1.16. The van der Waals surface area contributed by atoms with E-state index in [1.54, 1.807) is 18.5 Å². The molecule has 0 saturated heterocycles. The van der Waals surface area contributed by atoms with E-state index in [2.05, 4.69) is 23.5 Å². The molecule has 1 aromatic rings. The van der Waals surface area contributed by atoms with Crippen molar-refractivity contribution in [1.82, 2.24) is 4.98 Å². The Morgan fingerprint density at radius 2 is 2.38 bits per heavy atom. The molecule has 13 heavy (non-hydrogen) atoms. The average molecular weight is 174 g/mol. The minimum absolute atomic E-state index is 0.909. The molecule has 2 nitrogen and oxygen atoms in total. The SMILES string of the molecule is C=Cc1cc(CC)c(N=CC)cn1. The minimum atomic E-state index is 0.909. The second-order valence-corrected chi connectivity index (χ2v) is 2.68. The molecule has 68 valence electrons. The molecule has 0 spiro atoms. The highest BCUT2D eigenvalue weighted by Crippen LogP contribution is 2.19. The van der Waals surface area contributed by atoms with Gasteiger partial charge in [-0.15, -0.1) is 0 Å². The predicted octanol–water partition coefficient (Wildman–Crippen LogP) is 3.01. The molecule has 0 amide bonds. The monoisotopic (exact) mass is 174 g/mol. The van der Waals surface area contributed by atoms with Gasteiger partial charge in [0.1, 0.15) is 0 Å². The summed E-state index contributed by atoms with van der Waals surface area (Å²) in [6.07, 6.45) is 6.29. The number of aliphatic imine (C=N–C) groups is 1. The molecular weight excluding hydrogens is 160 g/mol. The Labute approximate surface area is 79.0 Å². The third kappa shape index (κ3) is 2.25. The maximum absolute atomic E-state index is 4.23. The van der Waals surface area contributed by atoms with Gasteiger partial charge in [0.25, 0.3) is 0 Å². The van der Waals surface area contributed by atoms with Crippen LogP contribution in [0.3, 0.4) is 0 Å². The molecule has 0 atom stereocenters. The van der Waals surface area contributed by atoms with Crippen LogP contribution in [-0.4, -0.2) is 11.2 Å². The number of aryl methyl sites for hydroxylation is 1. The van der Waals surface area contributed by atoms with E-state index in [1.807, 2.05) is 13.0 Å². The van der Waals surface area contributed by atoms with Crippen molar-refractivity contribution < 1.29 is 0 Å². The summed E-state index contributed by atoms with van der Waals surface area (Å²) in [7, 11) is 0. The lowest BCUT2D eigenvalue weighted by atomic mass is 10.1. The number of pyridine rings is 1. The van der Waals surface area contributed by atoms with Crippen molar-refractivity contribution in [2.75, 3.05) is 0 Å². The topological polar surface area (TPSA) is 25.2 Å². The summed E-state index contributed by atoms with van der Waals surface area (Å²) >= 11 is 0. The van der Waals surface area contributed by atoms with Crippen LogP contribution in [0.15, 0.2) is 23.8 Å². The van der Waals surface area contributed by atoms with Gasteiger partial charge >= 0.3 is 0 Å². The van der Waals surface area contributed by atoms with Gasteiger partial charge in [0.05, 0.1) is 17.6 Å². The van der Waals surface area contributed by atoms with Crippen molar-refractivity contribution in [3.63, 3.8) is 0 Å². The van der Waals surface area contributed by atoms with E-state index < -0.39 is 0 Å². The smallest absolute Gasteiger partial charge is 0.0841 e. The molecule has 0 N–H and O–H groups in total. The zero-order chi connectivity index (χ0) is 9.68. The summed E-state index contributed by atoms with van der Waals surface area (Å²) in [5.41, 5.74) is 3.07. The first-order valence-corrected chi connectivity index (χ1v) is 4.41. The molecule has 0 fully saturated rings. The number of rotatable bonds is 3. The Kier molecular flexibility index (Phi) is 3.38. The molecule has 1 aromatic heterocycles. The molecule has 0 aliphatic heterocycles. The summed E-state index contributed by atoms with van der Waals surface area (Å²) in [4.78, 5) is 8.42. The van der Waals surface area contributed by atoms with Gasteiger partial charge in [-0.25, -0.2) is 0 Å². The zero-order valence-electron chi connectivity index (χ0n) is 8.12. The van der Waals surface area contributed by atoms with E-state index in [-0.39, 0.29) is 0 Å². The first kappa shape index (κ1) is 9.65. The van der Waals surface area contributed by atoms with E-state index >= 15 is 0 Å². The number of hydrogen-bond acceptors (Lipinski definition) is 2. The van der Waals surface area contributed by atoms with Crippen LogP contribution in [0.4, 0.5) is 5.69 Å². The van der Waals surface area contributed by atoms with Gasteiger partial charge < -0.3 is 0 Å². The van der Waals surface area contributed by atoms with Gasteiger partial charge in [-0.2, -0.15) is 0 Å². The first-order valence-electron chi connectivity index (χ1n) is 4.41. The average Bonchev–Trinajstić information content (AvgIpc) is 2.19. The maximum Gasteiger partial charge on any atom is 0.0841 e. The number of hydrogen-bond donors (Lipinski definition) is 0. The Hall–Kier alpha value is -1.44. The molecule has 0 saturated carbocycles. The van der Waals surface area contributed by atoms with Crippen molar-refractivity contribution in [3.05, 3.63) is 30.1 Å². The Morgan fingerprint density at radius 3 is 2.92 bits per heavy atom. The van der Waals surface area contributed by atoms with Crippen LogP contribution in [0.2, 0.25) is 0 Å². The van der Waals surface area contributed by atoms with Gasteiger partial charge in [0.2, 0.25) is 0 Å². The maximum atomic E-state index is 4.23. The Bertz CT molecular complexity index is 327. The van der Waals surface area contributed by atoms with Gasteiger partial charge in [0, 0.05) is 6.21 Å². The zero-order valence-corrected chi connectivity index (χ0v) is 8.12. The van der Waals surface area contributed by atoms with E-state index in [4.69, 9.17) is 0 Å². The minimum Gasteiger partial charge on any atom is -0.260 e. The van der Waals surface area contributed by atoms with Crippen LogP contribution < -0.4 is 0 Å². The van der Waals surface area contributed by atoms with Crippen LogP contribution in [0.5, 0.6) is 0 Å². The Balaban J connectivity index is 3.14. The highest BCUT2D eigenvalue weighted by Gasteiger charge is 1.99. The molecule has 0 aliphatic carbocycles.